The Morgan fingerprint density at radius 3 is 2.14 bits per heavy atom. The van der Waals surface area contributed by atoms with E-state index in [2.05, 4.69) is 54.5 Å². The van der Waals surface area contributed by atoms with Gasteiger partial charge >= 0.3 is 0 Å². The number of hydrogen-bond acceptors (Lipinski definition) is 2. The van der Waals surface area contributed by atoms with Gasteiger partial charge in [0.2, 0.25) is 0 Å². The maximum atomic E-state index is 13.3. The van der Waals surface area contributed by atoms with Crippen LogP contribution in [-0.4, -0.2) is 10.9 Å². The number of amides is 1. The minimum Gasteiger partial charge on any atom is -0.321 e. The molecule has 0 atom stereocenters. The van der Waals surface area contributed by atoms with Crippen molar-refractivity contribution in [2.75, 3.05) is 5.32 Å². The summed E-state index contributed by atoms with van der Waals surface area (Å²) in [6, 6.07) is 18.5. The van der Waals surface area contributed by atoms with Crippen LogP contribution >= 0.6 is 0 Å². The van der Waals surface area contributed by atoms with Crippen molar-refractivity contribution in [3.63, 3.8) is 0 Å². The predicted octanol–water partition coefficient (Wildman–Crippen LogP) is 5.67. The van der Waals surface area contributed by atoms with Crippen LogP contribution in [0.2, 0.25) is 0 Å². The Morgan fingerprint density at radius 2 is 1.54 bits per heavy atom. The van der Waals surface area contributed by atoms with Crippen LogP contribution in [0.5, 0.6) is 0 Å². The Labute approximate surface area is 167 Å². The van der Waals surface area contributed by atoms with Gasteiger partial charge < -0.3 is 5.32 Å². The van der Waals surface area contributed by atoms with Gasteiger partial charge in [0.1, 0.15) is 0 Å². The number of pyridine rings is 1. The molecule has 1 N–H and O–H groups in total. The highest BCUT2D eigenvalue weighted by Gasteiger charge is 2.19. The second kappa shape index (κ2) is 8.83. The van der Waals surface area contributed by atoms with Gasteiger partial charge in [-0.2, -0.15) is 0 Å². The number of rotatable bonds is 6. The molecule has 1 amide bonds. The molecule has 1 aromatic heterocycles. The van der Waals surface area contributed by atoms with Crippen molar-refractivity contribution in [1.29, 1.82) is 0 Å². The molecule has 144 valence electrons. The molecule has 0 saturated carbocycles. The molecule has 3 nitrogen and oxygen atoms in total. The van der Waals surface area contributed by atoms with Gasteiger partial charge in [0, 0.05) is 11.4 Å². The average molecular weight is 373 g/mol. The molecule has 0 fully saturated rings. The van der Waals surface area contributed by atoms with E-state index in [1.807, 2.05) is 38.1 Å². The van der Waals surface area contributed by atoms with E-state index in [9.17, 15) is 4.79 Å². The number of nitrogens with one attached hydrogen (secondary N) is 1. The van der Waals surface area contributed by atoms with Crippen molar-refractivity contribution < 1.29 is 4.79 Å². The van der Waals surface area contributed by atoms with Crippen LogP contribution in [0, 0.1) is 13.8 Å². The monoisotopic (exact) mass is 372 g/mol. The second-order valence-corrected chi connectivity index (χ2v) is 7.16. The summed E-state index contributed by atoms with van der Waals surface area (Å²) in [6.45, 7) is 8.13. The number of hydrogen-bond donors (Lipinski definition) is 1. The number of para-hydroxylation sites is 1. The summed E-state index contributed by atoms with van der Waals surface area (Å²) < 4.78 is 0. The third kappa shape index (κ3) is 4.30. The fourth-order valence-corrected chi connectivity index (χ4v) is 3.75. The highest BCUT2D eigenvalue weighted by atomic mass is 16.1. The van der Waals surface area contributed by atoms with Crippen LogP contribution in [-0.2, 0) is 19.3 Å². The largest absolute Gasteiger partial charge is 0.321 e. The zero-order chi connectivity index (χ0) is 20.1. The molecule has 0 spiro atoms. The number of carbonyl (C=O) groups excluding carboxylic acids is 1. The first kappa shape index (κ1) is 19.8. The van der Waals surface area contributed by atoms with E-state index in [1.165, 1.54) is 5.56 Å². The van der Waals surface area contributed by atoms with Crippen LogP contribution in [0.15, 0.2) is 54.6 Å². The summed E-state index contributed by atoms with van der Waals surface area (Å²) >= 11 is 0. The minimum atomic E-state index is -0.0773. The first-order valence-electron chi connectivity index (χ1n) is 9.96. The van der Waals surface area contributed by atoms with Crippen LogP contribution < -0.4 is 5.32 Å². The molecular weight excluding hydrogens is 344 g/mol. The topological polar surface area (TPSA) is 42.0 Å². The molecule has 0 aliphatic rings. The van der Waals surface area contributed by atoms with Crippen molar-refractivity contribution in [3.05, 3.63) is 93.8 Å². The molecule has 3 heteroatoms. The highest BCUT2D eigenvalue weighted by Crippen LogP contribution is 2.25. The second-order valence-electron chi connectivity index (χ2n) is 7.16. The van der Waals surface area contributed by atoms with Crippen molar-refractivity contribution in [2.24, 2.45) is 0 Å². The lowest BCUT2D eigenvalue weighted by Gasteiger charge is -2.17. The molecule has 0 aliphatic carbocycles. The summed E-state index contributed by atoms with van der Waals surface area (Å²) in [7, 11) is 0. The van der Waals surface area contributed by atoms with E-state index in [1.54, 1.807) is 0 Å². The molecule has 28 heavy (non-hydrogen) atoms. The third-order valence-corrected chi connectivity index (χ3v) is 5.11. The summed E-state index contributed by atoms with van der Waals surface area (Å²) in [6.07, 6.45) is 2.47. The van der Waals surface area contributed by atoms with E-state index in [4.69, 9.17) is 0 Å². The van der Waals surface area contributed by atoms with Gasteiger partial charge in [-0.3, -0.25) is 9.78 Å². The SMILES string of the molecule is CCc1cccc(CC)c1NC(=O)c1c(Cc2ccccc2)cc(C)nc1C. The highest BCUT2D eigenvalue weighted by molar-refractivity contribution is 6.07. The zero-order valence-corrected chi connectivity index (χ0v) is 17.2. The average Bonchev–Trinajstić information content (AvgIpc) is 2.68. The van der Waals surface area contributed by atoms with Crippen LogP contribution in [0.3, 0.4) is 0 Å². The number of aromatic nitrogens is 1. The molecule has 0 radical (unpaired) electrons. The van der Waals surface area contributed by atoms with E-state index in [0.29, 0.717) is 12.0 Å². The van der Waals surface area contributed by atoms with Crippen molar-refractivity contribution in [1.82, 2.24) is 4.98 Å². The fraction of sp³-hybridized carbons (Fsp3) is 0.280. The lowest BCUT2D eigenvalue weighted by Crippen LogP contribution is -2.19. The van der Waals surface area contributed by atoms with Crippen LogP contribution in [0.4, 0.5) is 5.69 Å². The third-order valence-electron chi connectivity index (χ3n) is 5.11. The molecule has 1 heterocycles. The molecule has 0 bridgehead atoms. The smallest absolute Gasteiger partial charge is 0.257 e. The minimum absolute atomic E-state index is 0.0773. The first-order chi connectivity index (χ1) is 13.5. The van der Waals surface area contributed by atoms with Crippen LogP contribution in [0.25, 0.3) is 0 Å². The van der Waals surface area contributed by atoms with Crippen LogP contribution in [0.1, 0.15) is 57.8 Å². The summed E-state index contributed by atoms with van der Waals surface area (Å²) in [5.41, 5.74) is 7.86. The lowest BCUT2D eigenvalue weighted by molar-refractivity contribution is 0.102. The Balaban J connectivity index is 2.01. The van der Waals surface area contributed by atoms with Gasteiger partial charge in [-0.25, -0.2) is 0 Å². The Bertz CT molecular complexity index is 955. The van der Waals surface area contributed by atoms with Gasteiger partial charge in [-0.05, 0) is 61.4 Å². The Hall–Kier alpha value is -2.94. The van der Waals surface area contributed by atoms with Gasteiger partial charge in [0.05, 0.1) is 11.3 Å². The molecule has 0 unspecified atom stereocenters. The Kier molecular flexibility index (Phi) is 6.25. The standard InChI is InChI=1S/C25H28N2O/c1-5-20-13-10-14-21(6-2)24(20)27-25(28)23-18(4)26-17(3)15-22(23)16-19-11-8-7-9-12-19/h7-15H,5-6,16H2,1-4H3,(H,27,28). The van der Waals surface area contributed by atoms with E-state index in [0.717, 1.165) is 46.6 Å². The predicted molar refractivity (Wildman–Crippen MR) is 116 cm³/mol. The summed E-state index contributed by atoms with van der Waals surface area (Å²) in [5, 5.41) is 3.20. The summed E-state index contributed by atoms with van der Waals surface area (Å²) in [5.74, 6) is -0.0773. The molecule has 0 saturated heterocycles. The van der Waals surface area contributed by atoms with Crippen molar-refractivity contribution in [3.8, 4) is 0 Å². The molecule has 2 aromatic carbocycles. The number of nitrogens with zero attached hydrogens (tertiary/aromatic N) is 1. The maximum Gasteiger partial charge on any atom is 0.257 e. The number of carbonyl (C=O) groups is 1. The number of anilines is 1. The quantitative estimate of drug-likeness (QED) is 0.606. The fourth-order valence-electron chi connectivity index (χ4n) is 3.75. The molecule has 3 aromatic rings. The van der Waals surface area contributed by atoms with E-state index < -0.39 is 0 Å². The molecular formula is C25H28N2O. The summed E-state index contributed by atoms with van der Waals surface area (Å²) in [4.78, 5) is 17.9. The number of benzene rings is 2. The first-order valence-corrected chi connectivity index (χ1v) is 9.96. The van der Waals surface area contributed by atoms with Crippen molar-refractivity contribution >= 4 is 11.6 Å². The van der Waals surface area contributed by atoms with Gasteiger partial charge in [0.25, 0.3) is 5.91 Å². The van der Waals surface area contributed by atoms with E-state index >= 15 is 0 Å². The van der Waals surface area contributed by atoms with Crippen molar-refractivity contribution in [2.45, 2.75) is 47.0 Å². The van der Waals surface area contributed by atoms with E-state index in [-0.39, 0.29) is 5.91 Å². The van der Waals surface area contributed by atoms with Gasteiger partial charge in [-0.15, -0.1) is 0 Å². The Morgan fingerprint density at radius 1 is 0.893 bits per heavy atom. The molecule has 0 aliphatic heterocycles. The number of aryl methyl sites for hydroxylation is 4. The normalized spacial score (nSPS) is 10.7. The molecule has 3 rings (SSSR count). The van der Waals surface area contributed by atoms with Gasteiger partial charge in [-0.1, -0.05) is 62.4 Å². The maximum absolute atomic E-state index is 13.3. The van der Waals surface area contributed by atoms with Gasteiger partial charge in [0.15, 0.2) is 0 Å². The zero-order valence-electron chi connectivity index (χ0n) is 17.2. The lowest BCUT2D eigenvalue weighted by atomic mass is 9.97.